The lowest BCUT2D eigenvalue weighted by molar-refractivity contribution is -0.384. The van der Waals surface area contributed by atoms with Gasteiger partial charge in [-0.15, -0.1) is 0 Å². The molecule has 110 valence electrons. The van der Waals surface area contributed by atoms with Crippen LogP contribution < -0.4 is 5.32 Å². The molecular formula is C13H19N3O4. The van der Waals surface area contributed by atoms with Crippen molar-refractivity contribution in [2.75, 3.05) is 38.7 Å². The number of aliphatic hydroxyl groups is 1. The van der Waals surface area contributed by atoms with Gasteiger partial charge in [0.2, 0.25) is 0 Å². The second-order valence-electron chi connectivity index (χ2n) is 4.74. The van der Waals surface area contributed by atoms with E-state index < -0.39 is 4.92 Å². The van der Waals surface area contributed by atoms with Gasteiger partial charge in [-0.3, -0.25) is 15.0 Å². The van der Waals surface area contributed by atoms with Gasteiger partial charge in [-0.05, 0) is 11.6 Å². The van der Waals surface area contributed by atoms with Crippen LogP contribution in [0.25, 0.3) is 0 Å². The maximum atomic E-state index is 10.9. The monoisotopic (exact) mass is 281 g/mol. The summed E-state index contributed by atoms with van der Waals surface area (Å²) >= 11 is 0. The fraction of sp³-hybridized carbons (Fsp3) is 0.538. The molecule has 1 atom stereocenters. The molecular weight excluding hydrogens is 262 g/mol. The van der Waals surface area contributed by atoms with Crippen molar-refractivity contribution in [3.63, 3.8) is 0 Å². The van der Waals surface area contributed by atoms with Crippen LogP contribution in [0.4, 0.5) is 11.4 Å². The molecule has 1 heterocycles. The minimum Gasteiger partial charge on any atom is -0.395 e. The molecule has 1 saturated heterocycles. The Morgan fingerprint density at radius 1 is 1.60 bits per heavy atom. The number of nitro benzene ring substituents is 1. The summed E-state index contributed by atoms with van der Waals surface area (Å²) in [5, 5.41) is 23.1. The Morgan fingerprint density at radius 2 is 2.40 bits per heavy atom. The standard InChI is InChI=1S/C13H19N3O4/c1-14-12-6-10(2-3-13(12)16(18)19)7-15-4-5-20-9-11(15)8-17/h2-3,6,11,14,17H,4-5,7-9H2,1H3. The summed E-state index contributed by atoms with van der Waals surface area (Å²) in [5.41, 5.74) is 1.54. The van der Waals surface area contributed by atoms with Gasteiger partial charge in [0.25, 0.3) is 5.69 Å². The third-order valence-corrected chi connectivity index (χ3v) is 3.47. The van der Waals surface area contributed by atoms with E-state index in [1.54, 1.807) is 19.2 Å². The zero-order valence-corrected chi connectivity index (χ0v) is 11.4. The van der Waals surface area contributed by atoms with Gasteiger partial charge in [-0.25, -0.2) is 0 Å². The van der Waals surface area contributed by atoms with E-state index in [2.05, 4.69) is 10.2 Å². The number of aliphatic hydroxyl groups excluding tert-OH is 1. The number of hydrogen-bond donors (Lipinski definition) is 2. The summed E-state index contributed by atoms with van der Waals surface area (Å²) in [4.78, 5) is 12.6. The number of nitro groups is 1. The maximum absolute atomic E-state index is 10.9. The molecule has 0 aromatic heterocycles. The minimum absolute atomic E-state index is 0.0167. The van der Waals surface area contributed by atoms with E-state index in [0.717, 1.165) is 12.1 Å². The van der Waals surface area contributed by atoms with Crippen LogP contribution in [0.3, 0.4) is 0 Å². The van der Waals surface area contributed by atoms with Gasteiger partial charge in [-0.2, -0.15) is 0 Å². The quantitative estimate of drug-likeness (QED) is 0.614. The Labute approximate surface area is 117 Å². The van der Waals surface area contributed by atoms with Crippen molar-refractivity contribution in [3.05, 3.63) is 33.9 Å². The summed E-state index contributed by atoms with van der Waals surface area (Å²) in [6.07, 6.45) is 0. The predicted molar refractivity (Wildman–Crippen MR) is 74.7 cm³/mol. The molecule has 1 fully saturated rings. The lowest BCUT2D eigenvalue weighted by Crippen LogP contribution is -2.46. The fourth-order valence-electron chi connectivity index (χ4n) is 2.34. The normalized spacial score (nSPS) is 19.8. The molecule has 1 aromatic carbocycles. The smallest absolute Gasteiger partial charge is 0.292 e. The number of morpholine rings is 1. The Balaban J connectivity index is 2.14. The van der Waals surface area contributed by atoms with Crippen molar-refractivity contribution in [2.45, 2.75) is 12.6 Å². The van der Waals surface area contributed by atoms with E-state index in [0.29, 0.717) is 25.4 Å². The highest BCUT2D eigenvalue weighted by molar-refractivity contribution is 5.62. The van der Waals surface area contributed by atoms with E-state index in [9.17, 15) is 15.2 Å². The fourth-order valence-corrected chi connectivity index (χ4v) is 2.34. The molecule has 0 amide bonds. The van der Waals surface area contributed by atoms with Gasteiger partial charge in [0.15, 0.2) is 0 Å². The number of benzene rings is 1. The van der Waals surface area contributed by atoms with Crippen LogP contribution in [0.15, 0.2) is 18.2 Å². The number of ether oxygens (including phenoxy) is 1. The first-order valence-corrected chi connectivity index (χ1v) is 6.53. The van der Waals surface area contributed by atoms with Crippen molar-refractivity contribution < 1.29 is 14.8 Å². The average molecular weight is 281 g/mol. The van der Waals surface area contributed by atoms with E-state index in [1.807, 2.05) is 0 Å². The zero-order chi connectivity index (χ0) is 14.5. The summed E-state index contributed by atoms with van der Waals surface area (Å²) < 4.78 is 5.33. The SMILES string of the molecule is CNc1cc(CN2CCOCC2CO)ccc1[N+](=O)[O-]. The zero-order valence-electron chi connectivity index (χ0n) is 11.4. The number of anilines is 1. The molecule has 0 bridgehead atoms. The van der Waals surface area contributed by atoms with Crippen molar-refractivity contribution in [1.82, 2.24) is 4.90 Å². The average Bonchev–Trinajstić information content (AvgIpc) is 2.47. The number of hydrogen-bond acceptors (Lipinski definition) is 6. The molecule has 1 aromatic rings. The molecule has 7 heteroatoms. The van der Waals surface area contributed by atoms with Gasteiger partial charge in [0.05, 0.1) is 30.8 Å². The van der Waals surface area contributed by atoms with Crippen LogP contribution in [0, 0.1) is 10.1 Å². The summed E-state index contributed by atoms with van der Waals surface area (Å²) in [7, 11) is 1.66. The van der Waals surface area contributed by atoms with Gasteiger partial charge in [0.1, 0.15) is 5.69 Å². The lowest BCUT2D eigenvalue weighted by atomic mass is 10.1. The van der Waals surface area contributed by atoms with E-state index >= 15 is 0 Å². The molecule has 7 nitrogen and oxygen atoms in total. The number of nitrogens with one attached hydrogen (secondary N) is 1. The van der Waals surface area contributed by atoms with Crippen LogP contribution in [0.1, 0.15) is 5.56 Å². The molecule has 1 aliphatic rings. The number of rotatable bonds is 5. The first-order valence-electron chi connectivity index (χ1n) is 6.53. The van der Waals surface area contributed by atoms with Crippen LogP contribution in [-0.2, 0) is 11.3 Å². The third kappa shape index (κ3) is 3.24. The molecule has 0 aliphatic carbocycles. The van der Waals surface area contributed by atoms with Crippen molar-refractivity contribution in [3.8, 4) is 0 Å². The van der Waals surface area contributed by atoms with Crippen LogP contribution in [0.5, 0.6) is 0 Å². The Kier molecular flexibility index (Phi) is 4.89. The van der Waals surface area contributed by atoms with Crippen LogP contribution in [0.2, 0.25) is 0 Å². The van der Waals surface area contributed by atoms with Gasteiger partial charge >= 0.3 is 0 Å². The Bertz CT molecular complexity index is 481. The maximum Gasteiger partial charge on any atom is 0.292 e. The summed E-state index contributed by atoms with van der Waals surface area (Å²) in [6, 6.07) is 5.03. The topological polar surface area (TPSA) is 87.9 Å². The highest BCUT2D eigenvalue weighted by Gasteiger charge is 2.23. The van der Waals surface area contributed by atoms with Gasteiger partial charge < -0.3 is 15.2 Å². The van der Waals surface area contributed by atoms with E-state index in [4.69, 9.17) is 4.74 Å². The minimum atomic E-state index is -0.402. The lowest BCUT2D eigenvalue weighted by Gasteiger charge is -2.34. The third-order valence-electron chi connectivity index (χ3n) is 3.47. The first-order chi connectivity index (χ1) is 9.65. The highest BCUT2D eigenvalue weighted by Crippen LogP contribution is 2.26. The Morgan fingerprint density at radius 3 is 3.05 bits per heavy atom. The van der Waals surface area contributed by atoms with E-state index in [-0.39, 0.29) is 18.3 Å². The largest absolute Gasteiger partial charge is 0.395 e. The molecule has 0 saturated carbocycles. The highest BCUT2D eigenvalue weighted by atomic mass is 16.6. The number of nitrogens with zero attached hydrogens (tertiary/aromatic N) is 2. The van der Waals surface area contributed by atoms with Gasteiger partial charge in [0, 0.05) is 26.2 Å². The molecule has 20 heavy (non-hydrogen) atoms. The van der Waals surface area contributed by atoms with Crippen LogP contribution >= 0.6 is 0 Å². The Hall–Kier alpha value is -1.70. The van der Waals surface area contributed by atoms with Crippen LogP contribution in [-0.4, -0.2) is 54.4 Å². The summed E-state index contributed by atoms with van der Waals surface area (Å²) in [6.45, 7) is 2.59. The molecule has 0 spiro atoms. The second kappa shape index (κ2) is 6.65. The molecule has 1 aliphatic heterocycles. The molecule has 1 unspecified atom stereocenters. The molecule has 2 N–H and O–H groups in total. The van der Waals surface area contributed by atoms with Gasteiger partial charge in [-0.1, -0.05) is 6.07 Å². The predicted octanol–water partition coefficient (Wildman–Crippen LogP) is 0.830. The summed E-state index contributed by atoms with van der Waals surface area (Å²) in [5.74, 6) is 0. The van der Waals surface area contributed by atoms with Crippen molar-refractivity contribution >= 4 is 11.4 Å². The first kappa shape index (κ1) is 14.7. The van der Waals surface area contributed by atoms with E-state index in [1.165, 1.54) is 6.07 Å². The molecule has 2 rings (SSSR count). The van der Waals surface area contributed by atoms with Crippen molar-refractivity contribution in [2.24, 2.45) is 0 Å². The molecule has 0 radical (unpaired) electrons. The van der Waals surface area contributed by atoms with Crippen molar-refractivity contribution in [1.29, 1.82) is 0 Å². The second-order valence-corrected chi connectivity index (χ2v) is 4.74.